The number of halogens is 1. The summed E-state index contributed by atoms with van der Waals surface area (Å²) in [5, 5.41) is 4.03. The van der Waals surface area contributed by atoms with Crippen LogP contribution in [0.25, 0.3) is 0 Å². The molecule has 0 fully saturated rings. The van der Waals surface area contributed by atoms with E-state index in [4.69, 9.17) is 0 Å². The van der Waals surface area contributed by atoms with Crippen molar-refractivity contribution in [1.29, 1.82) is 0 Å². The molecular weight excluding hydrogens is 307 g/mol. The Balaban J connectivity index is 2.21. The molecule has 24 heavy (non-hydrogen) atoms. The van der Waals surface area contributed by atoms with Crippen molar-refractivity contribution < 1.29 is 4.39 Å². The number of likely N-dealkylation sites (N-methyl/N-ethyl adjacent to an activating group) is 1. The van der Waals surface area contributed by atoms with Crippen molar-refractivity contribution in [3.05, 3.63) is 69.9 Å². The van der Waals surface area contributed by atoms with Crippen molar-refractivity contribution in [1.82, 2.24) is 5.01 Å². The highest BCUT2D eigenvalue weighted by Crippen LogP contribution is 2.28. The smallest absolute Gasteiger partial charge is 0.150 e. The quantitative estimate of drug-likeness (QED) is 0.635. The first kappa shape index (κ1) is 16.0. The molecule has 122 valence electrons. The summed E-state index contributed by atoms with van der Waals surface area (Å²) in [5.74, 6) is 0.0799. The fraction of sp³-hybridized carbons (Fsp3) is 0.222. The predicted molar refractivity (Wildman–Crippen MR) is 93.4 cm³/mol. The number of hydrogen-bond donors (Lipinski definition) is 0. The molecule has 1 heterocycles. The minimum Gasteiger partial charge on any atom is -0.276 e. The normalized spacial score (nSPS) is 13.5. The van der Waals surface area contributed by atoms with E-state index in [1.807, 2.05) is 18.2 Å². The van der Waals surface area contributed by atoms with Crippen LogP contribution in [0.2, 0.25) is 0 Å². The van der Waals surface area contributed by atoms with Gasteiger partial charge in [0.25, 0.3) is 0 Å². The Hall–Kier alpha value is -2.89. The van der Waals surface area contributed by atoms with E-state index in [9.17, 15) is 9.30 Å². The van der Waals surface area contributed by atoms with Gasteiger partial charge in [-0.15, -0.1) is 4.91 Å². The maximum absolute atomic E-state index is 14.3. The van der Waals surface area contributed by atoms with Gasteiger partial charge < -0.3 is 0 Å². The lowest BCUT2D eigenvalue weighted by Gasteiger charge is -2.11. The summed E-state index contributed by atoms with van der Waals surface area (Å²) < 4.78 is 14.3. The highest BCUT2D eigenvalue weighted by molar-refractivity contribution is 6.17. The molecule has 0 spiro atoms. The molecule has 0 amide bonds. The molecule has 2 aromatic carbocycles. The zero-order valence-electron chi connectivity index (χ0n) is 13.5. The molecule has 0 N–H and O–H groups in total. The number of amidine groups is 1. The number of aliphatic imine (C=N–C) groups is 2. The highest BCUT2D eigenvalue weighted by atomic mass is 19.1. The SMILES string of the molecule is CCc1ccc2c(c1)C(c1ccccc1F)=NCC(N(C)N=O)=N2. The second-order valence-corrected chi connectivity index (χ2v) is 5.48. The Bertz CT molecular complexity index is 845. The number of hydrogen-bond acceptors (Lipinski definition) is 4. The summed E-state index contributed by atoms with van der Waals surface area (Å²) in [6.45, 7) is 2.21. The van der Waals surface area contributed by atoms with Crippen molar-refractivity contribution in [3.63, 3.8) is 0 Å². The molecule has 0 unspecified atom stereocenters. The molecule has 0 saturated carbocycles. The van der Waals surface area contributed by atoms with Crippen molar-refractivity contribution in [2.45, 2.75) is 13.3 Å². The summed E-state index contributed by atoms with van der Waals surface area (Å²) in [6, 6.07) is 12.3. The average Bonchev–Trinajstić information content (AvgIpc) is 2.80. The monoisotopic (exact) mass is 324 g/mol. The van der Waals surface area contributed by atoms with Gasteiger partial charge in [0.05, 0.1) is 23.2 Å². The number of nitroso groups, excluding NO2 is 1. The van der Waals surface area contributed by atoms with Crippen LogP contribution in [0.4, 0.5) is 10.1 Å². The van der Waals surface area contributed by atoms with Crippen molar-refractivity contribution in [2.75, 3.05) is 13.6 Å². The maximum atomic E-state index is 14.3. The van der Waals surface area contributed by atoms with Gasteiger partial charge in [-0.25, -0.2) is 14.4 Å². The van der Waals surface area contributed by atoms with E-state index in [0.29, 0.717) is 22.8 Å². The molecular formula is C18H17FN4O. The third kappa shape index (κ3) is 2.95. The molecule has 3 rings (SSSR count). The van der Waals surface area contributed by atoms with Gasteiger partial charge in [-0.2, -0.15) is 0 Å². The van der Waals surface area contributed by atoms with Crippen LogP contribution in [0, 0.1) is 10.7 Å². The first-order chi connectivity index (χ1) is 11.6. The third-order valence-corrected chi connectivity index (χ3v) is 3.98. The van der Waals surface area contributed by atoms with E-state index in [-0.39, 0.29) is 12.4 Å². The van der Waals surface area contributed by atoms with Crippen LogP contribution in [0.1, 0.15) is 23.6 Å². The number of rotatable bonds is 3. The van der Waals surface area contributed by atoms with Crippen LogP contribution in [-0.2, 0) is 6.42 Å². The van der Waals surface area contributed by atoms with Gasteiger partial charge in [0, 0.05) is 18.2 Å². The Labute approximate surface area is 139 Å². The number of benzene rings is 2. The summed E-state index contributed by atoms with van der Waals surface area (Å²) in [6.07, 6.45) is 0.851. The van der Waals surface area contributed by atoms with E-state index in [2.05, 4.69) is 22.2 Å². The second kappa shape index (κ2) is 6.70. The van der Waals surface area contributed by atoms with E-state index < -0.39 is 0 Å². The van der Waals surface area contributed by atoms with Gasteiger partial charge in [0.2, 0.25) is 0 Å². The lowest BCUT2D eigenvalue weighted by molar-refractivity contribution is 0.529. The highest BCUT2D eigenvalue weighted by Gasteiger charge is 2.20. The zero-order valence-corrected chi connectivity index (χ0v) is 13.5. The standard InChI is InChI=1S/C18H17FN4O/c1-3-12-8-9-16-14(10-12)18(13-6-4-5-7-15(13)19)20-11-17(21-16)23(2)22-24/h4-10H,3,11H2,1-2H3. The van der Waals surface area contributed by atoms with Crippen LogP contribution in [0.5, 0.6) is 0 Å². The van der Waals surface area contributed by atoms with Gasteiger partial charge in [-0.3, -0.25) is 4.99 Å². The van der Waals surface area contributed by atoms with Gasteiger partial charge in [0.15, 0.2) is 0 Å². The number of fused-ring (bicyclic) bond motifs is 1. The molecule has 0 atom stereocenters. The van der Waals surface area contributed by atoms with Crippen LogP contribution >= 0.6 is 0 Å². The van der Waals surface area contributed by atoms with E-state index in [1.165, 1.54) is 13.1 Å². The van der Waals surface area contributed by atoms with Crippen LogP contribution in [0.3, 0.4) is 0 Å². The minimum atomic E-state index is -0.339. The fourth-order valence-electron chi connectivity index (χ4n) is 2.60. The van der Waals surface area contributed by atoms with Gasteiger partial charge in [-0.1, -0.05) is 25.1 Å². The average molecular weight is 324 g/mol. The molecule has 6 heteroatoms. The summed E-state index contributed by atoms with van der Waals surface area (Å²) >= 11 is 0. The zero-order chi connectivity index (χ0) is 17.1. The minimum absolute atomic E-state index is 0.155. The molecule has 0 aliphatic carbocycles. The summed E-state index contributed by atoms with van der Waals surface area (Å²) in [4.78, 5) is 19.9. The van der Waals surface area contributed by atoms with Crippen molar-refractivity contribution in [2.24, 2.45) is 15.3 Å². The van der Waals surface area contributed by atoms with E-state index >= 15 is 0 Å². The molecule has 0 aromatic heterocycles. The lowest BCUT2D eigenvalue weighted by atomic mass is 9.97. The molecule has 0 bridgehead atoms. The summed E-state index contributed by atoms with van der Waals surface area (Å²) in [7, 11) is 1.52. The van der Waals surface area contributed by atoms with Gasteiger partial charge >= 0.3 is 0 Å². The van der Waals surface area contributed by atoms with Crippen LogP contribution in [-0.4, -0.2) is 30.1 Å². The third-order valence-electron chi connectivity index (χ3n) is 3.98. The Morgan fingerprint density at radius 2 is 2.00 bits per heavy atom. The molecule has 0 radical (unpaired) electrons. The lowest BCUT2D eigenvalue weighted by Crippen LogP contribution is -2.23. The topological polar surface area (TPSA) is 57.4 Å². The van der Waals surface area contributed by atoms with E-state index in [0.717, 1.165) is 22.6 Å². The Morgan fingerprint density at radius 3 is 2.71 bits per heavy atom. The largest absolute Gasteiger partial charge is 0.276 e. The summed E-state index contributed by atoms with van der Waals surface area (Å²) in [5.41, 5.74) is 3.48. The fourth-order valence-corrected chi connectivity index (χ4v) is 2.60. The number of aryl methyl sites for hydroxylation is 1. The molecule has 0 saturated heterocycles. The predicted octanol–water partition coefficient (Wildman–Crippen LogP) is 3.88. The molecule has 1 aliphatic rings. The van der Waals surface area contributed by atoms with Crippen molar-refractivity contribution in [3.8, 4) is 0 Å². The van der Waals surface area contributed by atoms with E-state index in [1.54, 1.807) is 18.2 Å². The van der Waals surface area contributed by atoms with Crippen molar-refractivity contribution >= 4 is 17.2 Å². The first-order valence-corrected chi connectivity index (χ1v) is 7.71. The van der Waals surface area contributed by atoms with Gasteiger partial charge in [0.1, 0.15) is 11.7 Å². The first-order valence-electron chi connectivity index (χ1n) is 7.71. The van der Waals surface area contributed by atoms with Crippen LogP contribution in [0.15, 0.2) is 57.7 Å². The molecule has 5 nitrogen and oxygen atoms in total. The molecule has 2 aromatic rings. The van der Waals surface area contributed by atoms with Gasteiger partial charge in [-0.05, 0) is 36.2 Å². The second-order valence-electron chi connectivity index (χ2n) is 5.48. The Kier molecular flexibility index (Phi) is 4.46. The van der Waals surface area contributed by atoms with Crippen LogP contribution < -0.4 is 0 Å². The Morgan fingerprint density at radius 1 is 1.21 bits per heavy atom. The molecule has 1 aliphatic heterocycles. The maximum Gasteiger partial charge on any atom is 0.150 e. The number of nitrogens with zero attached hydrogens (tertiary/aromatic N) is 4.